The van der Waals surface area contributed by atoms with Gasteiger partial charge in [0.2, 0.25) is 0 Å². The first-order valence-corrected chi connectivity index (χ1v) is 9.37. The van der Waals surface area contributed by atoms with Gasteiger partial charge in [-0.05, 0) is 42.8 Å². The number of hydrogen-bond acceptors (Lipinski definition) is 4. The molecule has 1 heterocycles. The van der Waals surface area contributed by atoms with E-state index in [0.717, 1.165) is 28.6 Å². The molecule has 1 aromatic heterocycles. The van der Waals surface area contributed by atoms with Crippen molar-refractivity contribution in [2.75, 3.05) is 4.72 Å². The minimum atomic E-state index is -4.04. The van der Waals surface area contributed by atoms with Crippen LogP contribution in [0.5, 0.6) is 5.75 Å². The van der Waals surface area contributed by atoms with Gasteiger partial charge in [-0.1, -0.05) is 11.6 Å². The topological polar surface area (TPSA) is 114 Å². The van der Waals surface area contributed by atoms with Gasteiger partial charge in [-0.3, -0.25) is 9.52 Å². The van der Waals surface area contributed by atoms with E-state index in [9.17, 15) is 18.3 Å². The lowest BCUT2D eigenvalue weighted by Crippen LogP contribution is -2.16. The molecule has 0 spiro atoms. The highest BCUT2D eigenvalue weighted by Gasteiger charge is 2.21. The Hall–Kier alpha value is -2.71. The van der Waals surface area contributed by atoms with Crippen molar-refractivity contribution < 1.29 is 18.3 Å². The van der Waals surface area contributed by atoms with Crippen molar-refractivity contribution in [1.82, 2.24) is 4.57 Å². The second kappa shape index (κ2) is 6.22. The molecule has 9 heteroatoms. The number of aromatic hydroxyl groups is 1. The third-order valence-electron chi connectivity index (χ3n) is 4.05. The summed E-state index contributed by atoms with van der Waals surface area (Å²) in [5, 5.41) is 10.4. The maximum Gasteiger partial charge on any atom is 0.261 e. The van der Waals surface area contributed by atoms with Crippen LogP contribution in [0.25, 0.3) is 10.9 Å². The van der Waals surface area contributed by atoms with E-state index >= 15 is 0 Å². The van der Waals surface area contributed by atoms with Crippen LogP contribution >= 0.6 is 11.6 Å². The van der Waals surface area contributed by atoms with Crippen LogP contribution in [-0.4, -0.2) is 24.0 Å². The van der Waals surface area contributed by atoms with Gasteiger partial charge in [0, 0.05) is 29.8 Å². The first-order valence-electron chi connectivity index (χ1n) is 7.51. The molecule has 0 aliphatic heterocycles. The number of anilines is 1. The third-order valence-corrected chi connectivity index (χ3v) is 5.70. The lowest BCUT2D eigenvalue weighted by molar-refractivity contribution is 0.0997. The number of rotatable bonds is 4. The highest BCUT2D eigenvalue weighted by molar-refractivity contribution is 7.92. The van der Waals surface area contributed by atoms with Crippen molar-refractivity contribution in [1.29, 1.82) is 0 Å². The molecule has 136 valence electrons. The van der Waals surface area contributed by atoms with Gasteiger partial charge in [-0.2, -0.15) is 0 Å². The number of primary amides is 1. The predicted octanol–water partition coefficient (Wildman–Crippen LogP) is 2.75. The molecule has 2 aromatic carbocycles. The van der Waals surface area contributed by atoms with E-state index in [-0.39, 0.29) is 15.5 Å². The van der Waals surface area contributed by atoms with E-state index in [1.54, 1.807) is 18.2 Å². The van der Waals surface area contributed by atoms with Crippen LogP contribution in [0.3, 0.4) is 0 Å². The molecule has 0 saturated carbocycles. The number of benzene rings is 2. The summed E-state index contributed by atoms with van der Waals surface area (Å²) in [6, 6.07) is 7.20. The van der Waals surface area contributed by atoms with Gasteiger partial charge in [-0.25, -0.2) is 8.42 Å². The SMILES string of the molecule is Cc1cn(C)c2ccc(NS(=O)(=O)c3cc(Cl)c(O)c(C(N)=O)c3)cc12. The van der Waals surface area contributed by atoms with E-state index in [2.05, 4.69) is 4.72 Å². The molecule has 0 aliphatic rings. The number of amides is 1. The highest BCUT2D eigenvalue weighted by Crippen LogP contribution is 2.32. The Labute approximate surface area is 155 Å². The van der Waals surface area contributed by atoms with Gasteiger partial charge in [0.05, 0.1) is 15.5 Å². The number of carbonyl (C=O) groups excluding carboxylic acids is 1. The number of nitrogens with zero attached hydrogens (tertiary/aromatic N) is 1. The Morgan fingerprint density at radius 2 is 1.96 bits per heavy atom. The number of carbonyl (C=O) groups is 1. The van der Waals surface area contributed by atoms with Gasteiger partial charge in [0.1, 0.15) is 5.75 Å². The number of aromatic nitrogens is 1. The van der Waals surface area contributed by atoms with Crippen LogP contribution in [-0.2, 0) is 17.1 Å². The number of halogens is 1. The summed E-state index contributed by atoms with van der Waals surface area (Å²) in [5.41, 5.74) is 7.12. The second-order valence-corrected chi connectivity index (χ2v) is 8.02. The van der Waals surface area contributed by atoms with Crippen LogP contribution < -0.4 is 10.5 Å². The first-order chi connectivity index (χ1) is 12.1. The summed E-state index contributed by atoms with van der Waals surface area (Å²) < 4.78 is 29.7. The number of sulfonamides is 1. The minimum absolute atomic E-state index is 0.279. The van der Waals surface area contributed by atoms with Crippen LogP contribution in [0.15, 0.2) is 41.4 Å². The number of nitrogens with two attached hydrogens (primary N) is 1. The van der Waals surface area contributed by atoms with Gasteiger partial charge < -0.3 is 15.4 Å². The fraction of sp³-hybridized carbons (Fsp3) is 0.118. The molecule has 3 aromatic rings. The smallest absolute Gasteiger partial charge is 0.261 e. The number of aryl methyl sites for hydroxylation is 2. The average Bonchev–Trinajstić information content (AvgIpc) is 2.83. The van der Waals surface area contributed by atoms with Gasteiger partial charge in [0.15, 0.2) is 0 Å². The van der Waals surface area contributed by atoms with Crippen molar-refractivity contribution in [3.63, 3.8) is 0 Å². The molecular formula is C17H16ClN3O4S. The molecule has 0 unspecified atom stereocenters. The Morgan fingerprint density at radius 1 is 1.27 bits per heavy atom. The Kier molecular flexibility index (Phi) is 4.33. The molecule has 0 bridgehead atoms. The van der Waals surface area contributed by atoms with Crippen LogP contribution in [0.2, 0.25) is 5.02 Å². The fourth-order valence-corrected chi connectivity index (χ4v) is 4.17. The summed E-state index contributed by atoms with van der Waals surface area (Å²) in [5.74, 6) is -1.54. The third kappa shape index (κ3) is 3.09. The van der Waals surface area contributed by atoms with Crippen molar-refractivity contribution in [3.8, 4) is 5.75 Å². The predicted molar refractivity (Wildman–Crippen MR) is 100 cm³/mol. The van der Waals surface area contributed by atoms with Crippen molar-refractivity contribution >= 4 is 44.1 Å². The van der Waals surface area contributed by atoms with E-state index < -0.39 is 21.7 Å². The lowest BCUT2D eigenvalue weighted by atomic mass is 10.2. The standard InChI is InChI=1S/C17H16ClN3O4S/c1-9-8-21(2)15-4-3-10(5-12(9)15)20-26(24,25)11-6-13(17(19)23)16(22)14(18)7-11/h3-8,20,22H,1-2H3,(H2,19,23). The monoisotopic (exact) mass is 393 g/mol. The number of phenols is 1. The minimum Gasteiger partial charge on any atom is -0.506 e. The zero-order valence-corrected chi connectivity index (χ0v) is 15.5. The molecule has 7 nitrogen and oxygen atoms in total. The molecule has 4 N–H and O–H groups in total. The maximum absolute atomic E-state index is 12.7. The van der Waals surface area contributed by atoms with Gasteiger partial charge in [-0.15, -0.1) is 0 Å². The van der Waals surface area contributed by atoms with Crippen molar-refractivity contribution in [2.45, 2.75) is 11.8 Å². The van der Waals surface area contributed by atoms with Gasteiger partial charge in [0.25, 0.3) is 15.9 Å². The largest absolute Gasteiger partial charge is 0.506 e. The van der Waals surface area contributed by atoms with Crippen LogP contribution in [0, 0.1) is 6.92 Å². The van der Waals surface area contributed by atoms with E-state index in [4.69, 9.17) is 17.3 Å². The second-order valence-electron chi connectivity index (χ2n) is 5.93. The van der Waals surface area contributed by atoms with E-state index in [0.29, 0.717) is 5.69 Å². The summed E-state index contributed by atoms with van der Waals surface area (Å²) in [6.45, 7) is 1.93. The van der Waals surface area contributed by atoms with Crippen molar-refractivity contribution in [2.24, 2.45) is 12.8 Å². The molecule has 0 radical (unpaired) electrons. The summed E-state index contributed by atoms with van der Waals surface area (Å²) in [4.78, 5) is 11.1. The molecule has 0 saturated heterocycles. The zero-order chi connectivity index (χ0) is 19.2. The fourth-order valence-electron chi connectivity index (χ4n) is 2.78. The summed E-state index contributed by atoms with van der Waals surface area (Å²) in [7, 11) is -2.14. The highest BCUT2D eigenvalue weighted by atomic mass is 35.5. The van der Waals surface area contributed by atoms with E-state index in [1.807, 2.05) is 24.7 Å². The molecule has 26 heavy (non-hydrogen) atoms. The molecule has 0 aliphatic carbocycles. The van der Waals surface area contributed by atoms with Crippen LogP contribution in [0.1, 0.15) is 15.9 Å². The summed E-state index contributed by atoms with van der Waals surface area (Å²) in [6.07, 6.45) is 1.95. The number of nitrogens with one attached hydrogen (secondary N) is 1. The lowest BCUT2D eigenvalue weighted by Gasteiger charge is -2.11. The first kappa shape index (κ1) is 18.1. The molecule has 3 rings (SSSR count). The quantitative estimate of drug-likeness (QED) is 0.632. The molecular weight excluding hydrogens is 378 g/mol. The molecule has 0 fully saturated rings. The van der Waals surface area contributed by atoms with Crippen LogP contribution in [0.4, 0.5) is 5.69 Å². The van der Waals surface area contributed by atoms with Crippen molar-refractivity contribution in [3.05, 3.63) is 52.7 Å². The number of fused-ring (bicyclic) bond motifs is 1. The zero-order valence-electron chi connectivity index (χ0n) is 13.9. The normalized spacial score (nSPS) is 11.7. The average molecular weight is 394 g/mol. The van der Waals surface area contributed by atoms with Gasteiger partial charge >= 0.3 is 0 Å². The molecule has 0 atom stereocenters. The molecule has 1 amide bonds. The maximum atomic E-state index is 12.7. The summed E-state index contributed by atoms with van der Waals surface area (Å²) >= 11 is 5.82. The Balaban J connectivity index is 2.04. The Bertz CT molecular complexity index is 1150. The number of hydrogen-bond donors (Lipinski definition) is 3. The Morgan fingerprint density at radius 3 is 2.62 bits per heavy atom. The van der Waals surface area contributed by atoms with E-state index in [1.165, 1.54) is 0 Å².